The quantitative estimate of drug-likeness (QED) is 0.639. The topological polar surface area (TPSA) is 39.3 Å². The number of thiocarbonyl (C=S) groups is 2. The average molecular weight is 421 g/mol. The fourth-order valence-electron chi connectivity index (χ4n) is 3.02. The third-order valence-electron chi connectivity index (χ3n) is 4.65. The lowest BCUT2D eigenvalue weighted by atomic mass is 9.97. The van der Waals surface area contributed by atoms with E-state index in [2.05, 4.69) is 20.9 Å². The summed E-state index contributed by atoms with van der Waals surface area (Å²) in [5, 5.41) is 10.6. The van der Waals surface area contributed by atoms with E-state index in [9.17, 15) is 8.78 Å². The molecule has 1 heterocycles. The molecule has 3 rings (SSSR count). The molecule has 0 atom stereocenters. The van der Waals surface area contributed by atoms with E-state index in [4.69, 9.17) is 24.4 Å². The highest BCUT2D eigenvalue weighted by Crippen LogP contribution is 2.18. The van der Waals surface area contributed by atoms with Crippen LogP contribution >= 0.6 is 24.4 Å². The molecule has 3 N–H and O–H groups in total. The number of piperidine rings is 1. The molecule has 2 aromatic rings. The van der Waals surface area contributed by atoms with Gasteiger partial charge in [-0.15, -0.1) is 0 Å². The van der Waals surface area contributed by atoms with Crippen molar-refractivity contribution in [2.24, 2.45) is 5.92 Å². The van der Waals surface area contributed by atoms with E-state index in [1.165, 1.54) is 24.3 Å². The van der Waals surface area contributed by atoms with Crippen molar-refractivity contribution >= 4 is 46.0 Å². The van der Waals surface area contributed by atoms with Gasteiger partial charge in [-0.2, -0.15) is 0 Å². The summed E-state index contributed by atoms with van der Waals surface area (Å²) in [7, 11) is 0. The zero-order valence-corrected chi connectivity index (χ0v) is 16.9. The van der Waals surface area contributed by atoms with E-state index in [0.29, 0.717) is 16.1 Å². The second kappa shape index (κ2) is 9.75. The molecule has 1 aliphatic heterocycles. The van der Waals surface area contributed by atoms with Crippen molar-refractivity contribution in [2.45, 2.75) is 12.8 Å². The van der Waals surface area contributed by atoms with Gasteiger partial charge in [0.05, 0.1) is 0 Å². The van der Waals surface area contributed by atoms with Gasteiger partial charge in [-0.3, -0.25) is 0 Å². The minimum atomic E-state index is -0.275. The third kappa shape index (κ3) is 6.10. The largest absolute Gasteiger partial charge is 0.362 e. The van der Waals surface area contributed by atoms with Crippen LogP contribution in [-0.2, 0) is 0 Å². The lowest BCUT2D eigenvalue weighted by molar-refractivity contribution is 0.269. The Kier molecular flexibility index (Phi) is 7.11. The normalized spacial score (nSPS) is 14.4. The molecular weight excluding hydrogens is 398 g/mol. The summed E-state index contributed by atoms with van der Waals surface area (Å²) in [5.74, 6) is -0.0440. The molecular formula is C20H22F2N4S2. The molecule has 0 radical (unpaired) electrons. The van der Waals surface area contributed by atoms with Gasteiger partial charge < -0.3 is 20.9 Å². The van der Waals surface area contributed by atoms with Crippen LogP contribution in [0.15, 0.2) is 48.5 Å². The molecule has 28 heavy (non-hydrogen) atoms. The fourth-order valence-corrected chi connectivity index (χ4v) is 3.52. The van der Waals surface area contributed by atoms with E-state index in [0.717, 1.165) is 43.9 Å². The maximum Gasteiger partial charge on any atom is 0.173 e. The highest BCUT2D eigenvalue weighted by Gasteiger charge is 2.21. The molecule has 4 nitrogen and oxygen atoms in total. The lowest BCUT2D eigenvalue weighted by Gasteiger charge is -2.34. The number of benzene rings is 2. The number of hydrogen-bond donors (Lipinski definition) is 3. The van der Waals surface area contributed by atoms with E-state index < -0.39 is 0 Å². The van der Waals surface area contributed by atoms with Crippen LogP contribution in [0, 0.1) is 17.6 Å². The molecule has 2 aromatic carbocycles. The van der Waals surface area contributed by atoms with E-state index in [-0.39, 0.29) is 11.6 Å². The van der Waals surface area contributed by atoms with Crippen LogP contribution in [0.5, 0.6) is 0 Å². The predicted molar refractivity (Wildman–Crippen MR) is 118 cm³/mol. The Morgan fingerprint density at radius 3 is 1.89 bits per heavy atom. The molecule has 0 unspecified atom stereocenters. The fraction of sp³-hybridized carbons (Fsp3) is 0.300. The summed E-state index contributed by atoms with van der Waals surface area (Å²) in [5.41, 5.74) is 1.54. The number of likely N-dealkylation sites (tertiary alicyclic amines) is 1. The van der Waals surface area contributed by atoms with Crippen LogP contribution in [0.4, 0.5) is 20.2 Å². The van der Waals surface area contributed by atoms with Crippen molar-refractivity contribution in [3.63, 3.8) is 0 Å². The number of rotatable bonds is 4. The lowest BCUT2D eigenvalue weighted by Crippen LogP contribution is -2.43. The third-order valence-corrected chi connectivity index (χ3v) is 5.26. The molecule has 0 spiro atoms. The van der Waals surface area contributed by atoms with Crippen molar-refractivity contribution in [1.82, 2.24) is 10.2 Å². The van der Waals surface area contributed by atoms with Crippen LogP contribution in [-0.4, -0.2) is 34.8 Å². The van der Waals surface area contributed by atoms with Gasteiger partial charge in [-0.05, 0) is 91.7 Å². The van der Waals surface area contributed by atoms with Gasteiger partial charge in [0.2, 0.25) is 0 Å². The molecule has 1 fully saturated rings. The Morgan fingerprint density at radius 1 is 0.857 bits per heavy atom. The number of anilines is 2. The van der Waals surface area contributed by atoms with Gasteiger partial charge in [-0.25, -0.2) is 8.78 Å². The molecule has 148 valence electrons. The zero-order valence-electron chi connectivity index (χ0n) is 15.3. The van der Waals surface area contributed by atoms with Crippen molar-refractivity contribution in [3.8, 4) is 0 Å². The highest BCUT2D eigenvalue weighted by atomic mass is 32.1. The van der Waals surface area contributed by atoms with Crippen molar-refractivity contribution < 1.29 is 8.78 Å². The van der Waals surface area contributed by atoms with Gasteiger partial charge in [0, 0.05) is 31.0 Å². The SMILES string of the molecule is Fc1ccc(NC(=S)NCC2CCN(C(=S)Nc3ccc(F)cc3)CC2)cc1. The predicted octanol–water partition coefficient (Wildman–Crippen LogP) is 4.36. The first-order chi connectivity index (χ1) is 13.5. The first-order valence-electron chi connectivity index (χ1n) is 9.11. The number of nitrogens with zero attached hydrogens (tertiary/aromatic N) is 1. The van der Waals surface area contributed by atoms with Gasteiger partial charge >= 0.3 is 0 Å². The van der Waals surface area contributed by atoms with Crippen LogP contribution < -0.4 is 16.0 Å². The van der Waals surface area contributed by atoms with Crippen LogP contribution in [0.3, 0.4) is 0 Å². The van der Waals surface area contributed by atoms with Gasteiger partial charge in [0.1, 0.15) is 11.6 Å². The number of hydrogen-bond acceptors (Lipinski definition) is 2. The van der Waals surface area contributed by atoms with E-state index in [1.807, 2.05) is 0 Å². The second-order valence-corrected chi connectivity index (χ2v) is 7.50. The van der Waals surface area contributed by atoms with Crippen LogP contribution in [0.2, 0.25) is 0 Å². The second-order valence-electron chi connectivity index (χ2n) is 6.71. The monoisotopic (exact) mass is 420 g/mol. The summed E-state index contributed by atoms with van der Waals surface area (Å²) in [4.78, 5) is 2.13. The molecule has 0 saturated carbocycles. The van der Waals surface area contributed by atoms with Gasteiger partial charge in [0.15, 0.2) is 10.2 Å². The summed E-state index contributed by atoms with van der Waals surface area (Å²) < 4.78 is 25.9. The van der Waals surface area contributed by atoms with Crippen molar-refractivity contribution in [2.75, 3.05) is 30.3 Å². The number of nitrogens with one attached hydrogen (secondary N) is 3. The summed E-state index contributed by atoms with van der Waals surface area (Å²) in [6.07, 6.45) is 1.99. The smallest absolute Gasteiger partial charge is 0.173 e. The first-order valence-corrected chi connectivity index (χ1v) is 9.93. The number of halogens is 2. The molecule has 0 bridgehead atoms. The molecule has 0 amide bonds. The van der Waals surface area contributed by atoms with Crippen LogP contribution in [0.25, 0.3) is 0 Å². The minimum Gasteiger partial charge on any atom is -0.362 e. The molecule has 1 aliphatic rings. The Labute approximate surface area is 174 Å². The minimum absolute atomic E-state index is 0.267. The summed E-state index contributed by atoms with van der Waals surface area (Å²) in [6.45, 7) is 2.49. The van der Waals surface area contributed by atoms with E-state index >= 15 is 0 Å². The Bertz CT molecular complexity index is 804. The Balaban J connectivity index is 1.37. The molecule has 0 aromatic heterocycles. The van der Waals surface area contributed by atoms with E-state index in [1.54, 1.807) is 24.3 Å². The maximum absolute atomic E-state index is 13.0. The molecule has 0 aliphatic carbocycles. The Morgan fingerprint density at radius 2 is 1.36 bits per heavy atom. The van der Waals surface area contributed by atoms with Crippen molar-refractivity contribution in [1.29, 1.82) is 0 Å². The highest BCUT2D eigenvalue weighted by molar-refractivity contribution is 7.80. The zero-order chi connectivity index (χ0) is 19.9. The standard InChI is InChI=1S/C20H22F2N4S2/c21-15-1-5-17(6-2-15)24-19(27)23-13-14-9-11-26(12-10-14)20(28)25-18-7-3-16(22)4-8-18/h1-8,14H,9-13H2,(H,25,28)(H2,23,24,27). The van der Waals surface area contributed by atoms with Crippen molar-refractivity contribution in [3.05, 3.63) is 60.2 Å². The molecule has 8 heteroatoms. The first kappa shape index (κ1) is 20.4. The van der Waals surface area contributed by atoms with Crippen LogP contribution in [0.1, 0.15) is 12.8 Å². The summed E-state index contributed by atoms with van der Waals surface area (Å²) >= 11 is 10.8. The van der Waals surface area contributed by atoms with Gasteiger partial charge in [-0.1, -0.05) is 0 Å². The maximum atomic E-state index is 13.0. The average Bonchev–Trinajstić information content (AvgIpc) is 2.70. The Hall–Kier alpha value is -2.32. The van der Waals surface area contributed by atoms with Gasteiger partial charge in [0.25, 0.3) is 0 Å². The molecule has 1 saturated heterocycles. The summed E-state index contributed by atoms with van der Waals surface area (Å²) in [6, 6.07) is 12.2.